The average Bonchev–Trinajstić information content (AvgIpc) is 2.71. The molecule has 2 atom stereocenters. The number of carbonyl (C=O) groups excluding carboxylic acids is 2. The highest BCUT2D eigenvalue weighted by atomic mass is 19.1. The van der Waals surface area contributed by atoms with E-state index in [4.69, 9.17) is 9.47 Å². The van der Waals surface area contributed by atoms with Gasteiger partial charge in [-0.2, -0.15) is 13.8 Å². The lowest BCUT2D eigenvalue weighted by Crippen LogP contribution is -2.60. The van der Waals surface area contributed by atoms with Crippen LogP contribution in [0.4, 0.5) is 13.6 Å². The van der Waals surface area contributed by atoms with Gasteiger partial charge in [0.25, 0.3) is 0 Å². The van der Waals surface area contributed by atoms with E-state index in [-0.39, 0.29) is 37.5 Å². The molecule has 2 aliphatic heterocycles. The van der Waals surface area contributed by atoms with Gasteiger partial charge >= 0.3 is 6.09 Å². The lowest BCUT2D eigenvalue weighted by atomic mass is 9.81. The molecule has 4 rings (SSSR count). The van der Waals surface area contributed by atoms with Crippen molar-refractivity contribution in [1.29, 1.82) is 0 Å². The van der Waals surface area contributed by atoms with Crippen LogP contribution in [0.25, 0.3) is 0 Å². The van der Waals surface area contributed by atoms with Crippen molar-refractivity contribution >= 4 is 11.9 Å². The van der Waals surface area contributed by atoms with Gasteiger partial charge in [0.1, 0.15) is 6.61 Å². The molecule has 1 aromatic carbocycles. The SMILES string of the molecule is O=C(c1ccc(F)nc1F)C1CC2COCC(C1)N2C(=O)OCc1ccccc1. The summed E-state index contributed by atoms with van der Waals surface area (Å²) in [5.41, 5.74) is 0.655. The third-order valence-electron chi connectivity index (χ3n) is 5.39. The third kappa shape index (κ3) is 4.12. The lowest BCUT2D eigenvalue weighted by Gasteiger charge is -2.47. The largest absolute Gasteiger partial charge is 0.445 e. The second-order valence-corrected chi connectivity index (χ2v) is 7.30. The number of halogens is 2. The highest BCUT2D eigenvalue weighted by molar-refractivity contribution is 5.98. The minimum atomic E-state index is -1.11. The Labute approximate surface area is 166 Å². The minimum Gasteiger partial charge on any atom is -0.445 e. The maximum Gasteiger partial charge on any atom is 0.410 e. The first kappa shape index (κ1) is 19.4. The molecule has 6 nitrogen and oxygen atoms in total. The summed E-state index contributed by atoms with van der Waals surface area (Å²) in [6, 6.07) is 10.8. The van der Waals surface area contributed by atoms with E-state index in [0.717, 1.165) is 17.7 Å². The number of amides is 1. The molecule has 2 aromatic rings. The number of Topliss-reactive ketones (excluding diaryl/α,β-unsaturated/α-hetero) is 1. The summed E-state index contributed by atoms with van der Waals surface area (Å²) in [7, 11) is 0. The first-order chi connectivity index (χ1) is 14.0. The number of fused-ring (bicyclic) bond motifs is 2. The summed E-state index contributed by atoms with van der Waals surface area (Å²) in [6.07, 6.45) is 0.201. The Morgan fingerprint density at radius 3 is 2.41 bits per heavy atom. The first-order valence-electron chi connectivity index (χ1n) is 9.46. The summed E-state index contributed by atoms with van der Waals surface area (Å²) in [5.74, 6) is -3.00. The van der Waals surface area contributed by atoms with Crippen LogP contribution in [-0.2, 0) is 16.1 Å². The van der Waals surface area contributed by atoms with Crippen molar-refractivity contribution in [3.05, 3.63) is 65.5 Å². The monoisotopic (exact) mass is 402 g/mol. The van der Waals surface area contributed by atoms with Crippen LogP contribution in [0.1, 0.15) is 28.8 Å². The molecule has 2 aliphatic rings. The third-order valence-corrected chi connectivity index (χ3v) is 5.39. The van der Waals surface area contributed by atoms with Crippen LogP contribution < -0.4 is 0 Å². The molecule has 152 valence electrons. The summed E-state index contributed by atoms with van der Waals surface area (Å²) < 4.78 is 38.0. The fraction of sp³-hybridized carbons (Fsp3) is 0.381. The van der Waals surface area contributed by atoms with E-state index in [0.29, 0.717) is 12.8 Å². The quantitative estimate of drug-likeness (QED) is 0.580. The highest BCUT2D eigenvalue weighted by Gasteiger charge is 2.44. The summed E-state index contributed by atoms with van der Waals surface area (Å²) >= 11 is 0. The predicted molar refractivity (Wildman–Crippen MR) is 98.1 cm³/mol. The number of rotatable bonds is 4. The smallest absolute Gasteiger partial charge is 0.410 e. The number of morpholine rings is 1. The number of hydrogen-bond donors (Lipinski definition) is 0. The van der Waals surface area contributed by atoms with Gasteiger partial charge in [0, 0.05) is 5.92 Å². The van der Waals surface area contributed by atoms with Crippen molar-refractivity contribution < 1.29 is 27.8 Å². The Bertz CT molecular complexity index is 895. The molecule has 0 saturated carbocycles. The van der Waals surface area contributed by atoms with Gasteiger partial charge in [-0.25, -0.2) is 4.79 Å². The van der Waals surface area contributed by atoms with Crippen LogP contribution in [0, 0.1) is 17.8 Å². The van der Waals surface area contributed by atoms with Crippen LogP contribution in [0.15, 0.2) is 42.5 Å². The molecule has 1 amide bonds. The standard InChI is InChI=1S/C21H20F2N2O4/c22-18-7-6-17(20(23)24-18)19(26)14-8-15-11-28-12-16(9-14)25(15)21(27)29-10-13-4-2-1-3-5-13/h1-7,14-16H,8-12H2. The van der Waals surface area contributed by atoms with E-state index in [1.165, 1.54) is 0 Å². The van der Waals surface area contributed by atoms with Crippen LogP contribution in [0.2, 0.25) is 0 Å². The van der Waals surface area contributed by atoms with E-state index in [1.807, 2.05) is 30.3 Å². The molecular weight excluding hydrogens is 382 g/mol. The number of ketones is 1. The first-order valence-corrected chi connectivity index (χ1v) is 9.46. The second-order valence-electron chi connectivity index (χ2n) is 7.30. The molecule has 0 aliphatic carbocycles. The topological polar surface area (TPSA) is 68.7 Å². The molecule has 8 heteroatoms. The van der Waals surface area contributed by atoms with Gasteiger partial charge in [0.2, 0.25) is 11.9 Å². The Hall–Kier alpha value is -2.87. The molecule has 2 unspecified atom stereocenters. The zero-order valence-electron chi connectivity index (χ0n) is 15.6. The van der Waals surface area contributed by atoms with E-state index in [1.54, 1.807) is 4.90 Å². The number of hydrogen-bond acceptors (Lipinski definition) is 5. The van der Waals surface area contributed by atoms with E-state index >= 15 is 0 Å². The zero-order valence-corrected chi connectivity index (χ0v) is 15.6. The fourth-order valence-electron chi connectivity index (χ4n) is 4.04. The molecule has 2 saturated heterocycles. The van der Waals surface area contributed by atoms with Gasteiger partial charge in [-0.15, -0.1) is 0 Å². The number of pyridine rings is 1. The fourth-order valence-corrected chi connectivity index (χ4v) is 4.04. The van der Waals surface area contributed by atoms with Gasteiger partial charge < -0.3 is 9.47 Å². The van der Waals surface area contributed by atoms with Crippen LogP contribution in [-0.4, -0.2) is 47.1 Å². The lowest BCUT2D eigenvalue weighted by molar-refractivity contribution is -0.0755. The average molecular weight is 402 g/mol. The van der Waals surface area contributed by atoms with Crippen LogP contribution in [0.3, 0.4) is 0 Å². The number of ether oxygens (including phenoxy) is 2. The molecular formula is C21H20F2N2O4. The van der Waals surface area contributed by atoms with Gasteiger partial charge in [-0.05, 0) is 30.5 Å². The summed E-state index contributed by atoms with van der Waals surface area (Å²) in [5, 5.41) is 0. The van der Waals surface area contributed by atoms with Crippen molar-refractivity contribution in [2.24, 2.45) is 5.92 Å². The van der Waals surface area contributed by atoms with Crippen molar-refractivity contribution in [3.63, 3.8) is 0 Å². The highest BCUT2D eigenvalue weighted by Crippen LogP contribution is 2.34. The van der Waals surface area contributed by atoms with Crippen LogP contribution in [0.5, 0.6) is 0 Å². The zero-order chi connectivity index (χ0) is 20.4. The molecule has 0 N–H and O–H groups in total. The Kier molecular flexibility index (Phi) is 5.53. The van der Waals surface area contributed by atoms with E-state index in [9.17, 15) is 18.4 Å². The molecule has 29 heavy (non-hydrogen) atoms. The van der Waals surface area contributed by atoms with Crippen molar-refractivity contribution in [1.82, 2.24) is 9.88 Å². The van der Waals surface area contributed by atoms with Crippen molar-refractivity contribution in [2.75, 3.05) is 13.2 Å². The molecule has 0 spiro atoms. The number of carbonyl (C=O) groups is 2. The Morgan fingerprint density at radius 2 is 1.76 bits per heavy atom. The van der Waals surface area contributed by atoms with Crippen molar-refractivity contribution in [2.45, 2.75) is 31.5 Å². The summed E-state index contributed by atoms with van der Waals surface area (Å²) in [6.45, 7) is 0.723. The van der Waals surface area contributed by atoms with Crippen molar-refractivity contribution in [3.8, 4) is 0 Å². The van der Waals surface area contributed by atoms with Gasteiger partial charge in [-0.3, -0.25) is 9.69 Å². The van der Waals surface area contributed by atoms with Gasteiger partial charge in [-0.1, -0.05) is 30.3 Å². The number of aromatic nitrogens is 1. The Morgan fingerprint density at radius 1 is 1.07 bits per heavy atom. The van der Waals surface area contributed by atoms with Crippen LogP contribution >= 0.6 is 0 Å². The maximum absolute atomic E-state index is 13.9. The maximum atomic E-state index is 13.9. The van der Waals surface area contributed by atoms with Gasteiger partial charge in [0.15, 0.2) is 5.78 Å². The molecule has 1 aromatic heterocycles. The molecule has 2 bridgehead atoms. The molecule has 2 fully saturated rings. The van der Waals surface area contributed by atoms with E-state index in [2.05, 4.69) is 4.98 Å². The Balaban J connectivity index is 1.44. The normalized spacial score (nSPS) is 23.5. The van der Waals surface area contributed by atoms with E-state index < -0.39 is 29.7 Å². The number of benzene rings is 1. The predicted octanol–water partition coefficient (Wildman–Crippen LogP) is 3.36. The summed E-state index contributed by atoms with van der Waals surface area (Å²) in [4.78, 5) is 30.2. The molecule has 3 heterocycles. The van der Waals surface area contributed by atoms with Gasteiger partial charge in [0.05, 0.1) is 30.9 Å². The second kappa shape index (κ2) is 8.24. The number of piperidine rings is 1. The number of nitrogens with zero attached hydrogens (tertiary/aromatic N) is 2. The molecule has 0 radical (unpaired) electrons. The minimum absolute atomic E-state index is 0.158.